The summed E-state index contributed by atoms with van der Waals surface area (Å²) in [6, 6.07) is 7.28. The monoisotopic (exact) mass is 440 g/mol. The zero-order valence-electron chi connectivity index (χ0n) is 19.4. The summed E-state index contributed by atoms with van der Waals surface area (Å²) in [4.78, 5) is 20.3. The summed E-state index contributed by atoms with van der Waals surface area (Å²) in [7, 11) is 0. The first kappa shape index (κ1) is 25.5. The highest BCUT2D eigenvalue weighted by molar-refractivity contribution is 6.15. The molecule has 0 aliphatic rings. The SMILES string of the molecule is CCCC=C(C(=O)O)c1ccc(-c2ncc(OCCCCOCCCCCC)cn2)cc1. The summed E-state index contributed by atoms with van der Waals surface area (Å²) >= 11 is 0. The van der Waals surface area contributed by atoms with E-state index in [-0.39, 0.29) is 0 Å². The van der Waals surface area contributed by atoms with E-state index in [1.165, 1.54) is 19.3 Å². The largest absolute Gasteiger partial charge is 0.490 e. The summed E-state index contributed by atoms with van der Waals surface area (Å²) < 4.78 is 11.4. The van der Waals surface area contributed by atoms with E-state index in [9.17, 15) is 9.90 Å². The van der Waals surface area contributed by atoms with Gasteiger partial charge in [-0.25, -0.2) is 14.8 Å². The number of carboxylic acid groups (broad SMARTS) is 1. The maximum atomic E-state index is 11.5. The minimum atomic E-state index is -0.914. The fraction of sp³-hybridized carbons (Fsp3) is 0.500. The second-order valence-electron chi connectivity index (χ2n) is 7.76. The third-order valence-electron chi connectivity index (χ3n) is 5.04. The third kappa shape index (κ3) is 9.18. The van der Waals surface area contributed by atoms with Crippen molar-refractivity contribution in [3.63, 3.8) is 0 Å². The molecule has 1 N–H and O–H groups in total. The van der Waals surface area contributed by atoms with Crippen molar-refractivity contribution in [2.45, 2.75) is 65.2 Å². The van der Waals surface area contributed by atoms with E-state index in [0.717, 1.165) is 50.9 Å². The maximum absolute atomic E-state index is 11.5. The number of ether oxygens (including phenoxy) is 2. The van der Waals surface area contributed by atoms with Gasteiger partial charge in [-0.1, -0.05) is 69.9 Å². The molecule has 0 amide bonds. The molecule has 32 heavy (non-hydrogen) atoms. The Hall–Kier alpha value is -2.73. The van der Waals surface area contributed by atoms with E-state index < -0.39 is 5.97 Å². The van der Waals surface area contributed by atoms with Gasteiger partial charge in [0.05, 0.1) is 24.6 Å². The number of hydrogen-bond acceptors (Lipinski definition) is 5. The van der Waals surface area contributed by atoms with Crippen LogP contribution in [0, 0.1) is 0 Å². The van der Waals surface area contributed by atoms with E-state index in [0.29, 0.717) is 29.3 Å². The fourth-order valence-electron chi connectivity index (χ4n) is 3.19. The minimum Gasteiger partial charge on any atom is -0.490 e. The van der Waals surface area contributed by atoms with Crippen LogP contribution in [0.15, 0.2) is 42.7 Å². The van der Waals surface area contributed by atoms with Gasteiger partial charge in [0.1, 0.15) is 0 Å². The lowest BCUT2D eigenvalue weighted by molar-refractivity contribution is -0.130. The van der Waals surface area contributed by atoms with Gasteiger partial charge in [0, 0.05) is 18.8 Å². The highest BCUT2D eigenvalue weighted by Crippen LogP contribution is 2.22. The van der Waals surface area contributed by atoms with Crippen molar-refractivity contribution >= 4 is 11.5 Å². The summed E-state index contributed by atoms with van der Waals surface area (Å²) in [5, 5.41) is 9.43. The number of aromatic nitrogens is 2. The van der Waals surface area contributed by atoms with E-state index >= 15 is 0 Å². The van der Waals surface area contributed by atoms with Crippen LogP contribution in [0.2, 0.25) is 0 Å². The van der Waals surface area contributed by atoms with Crippen molar-refractivity contribution in [2.24, 2.45) is 0 Å². The molecule has 0 saturated heterocycles. The predicted molar refractivity (Wildman–Crippen MR) is 128 cm³/mol. The standard InChI is InChI=1S/C26H36N2O4/c1-3-5-7-8-16-31-17-9-10-18-32-23-19-27-25(28-20-23)22-14-12-21(13-15-22)24(26(29)30)11-6-4-2/h11-15,19-20H,3-10,16-18H2,1-2H3,(H,29,30). The summed E-state index contributed by atoms with van der Waals surface area (Å²) in [6.45, 7) is 6.47. The highest BCUT2D eigenvalue weighted by Gasteiger charge is 2.10. The Balaban J connectivity index is 1.76. The Morgan fingerprint density at radius 1 is 0.906 bits per heavy atom. The summed E-state index contributed by atoms with van der Waals surface area (Å²) in [5.41, 5.74) is 1.83. The molecule has 1 aromatic carbocycles. The van der Waals surface area contributed by atoms with Crippen molar-refractivity contribution in [3.8, 4) is 17.1 Å². The lowest BCUT2D eigenvalue weighted by Crippen LogP contribution is -2.02. The molecule has 0 aliphatic carbocycles. The first-order valence-corrected chi connectivity index (χ1v) is 11.7. The molecular formula is C26H36N2O4. The molecule has 0 aliphatic heterocycles. The van der Waals surface area contributed by atoms with Crippen molar-refractivity contribution in [1.82, 2.24) is 9.97 Å². The first-order chi connectivity index (χ1) is 15.7. The van der Waals surface area contributed by atoms with Crippen molar-refractivity contribution in [3.05, 3.63) is 48.3 Å². The van der Waals surface area contributed by atoms with Crippen molar-refractivity contribution in [2.75, 3.05) is 19.8 Å². The van der Waals surface area contributed by atoms with Crippen molar-refractivity contribution < 1.29 is 19.4 Å². The second-order valence-corrected chi connectivity index (χ2v) is 7.76. The van der Waals surface area contributed by atoms with Crippen LogP contribution in [-0.4, -0.2) is 40.9 Å². The molecule has 0 atom stereocenters. The predicted octanol–water partition coefficient (Wildman–Crippen LogP) is 6.17. The molecule has 174 valence electrons. The van der Waals surface area contributed by atoms with Crippen LogP contribution in [-0.2, 0) is 9.53 Å². The van der Waals surface area contributed by atoms with Gasteiger partial charge in [0.15, 0.2) is 11.6 Å². The van der Waals surface area contributed by atoms with Gasteiger partial charge >= 0.3 is 5.97 Å². The van der Waals surface area contributed by atoms with Crippen LogP contribution in [0.25, 0.3) is 17.0 Å². The lowest BCUT2D eigenvalue weighted by atomic mass is 10.0. The van der Waals surface area contributed by atoms with E-state index in [1.54, 1.807) is 30.6 Å². The Bertz CT molecular complexity index is 817. The number of carbonyl (C=O) groups is 1. The number of aliphatic carboxylic acids is 1. The highest BCUT2D eigenvalue weighted by atomic mass is 16.5. The maximum Gasteiger partial charge on any atom is 0.335 e. The number of rotatable bonds is 16. The minimum absolute atomic E-state index is 0.324. The average Bonchev–Trinajstić information content (AvgIpc) is 2.81. The molecule has 0 fully saturated rings. The number of carboxylic acids is 1. The molecule has 0 spiro atoms. The number of benzene rings is 1. The number of nitrogens with zero attached hydrogens (tertiary/aromatic N) is 2. The second kappa shape index (κ2) is 15.1. The van der Waals surface area contributed by atoms with E-state index in [4.69, 9.17) is 9.47 Å². The van der Waals surface area contributed by atoms with Crippen LogP contribution in [0.3, 0.4) is 0 Å². The Kier molecular flexibility index (Phi) is 12.1. The molecule has 0 unspecified atom stereocenters. The molecule has 6 heteroatoms. The van der Waals surface area contributed by atoms with Gasteiger partial charge in [-0.05, 0) is 31.2 Å². The van der Waals surface area contributed by atoms with Crippen LogP contribution in [0.5, 0.6) is 5.75 Å². The quantitative estimate of drug-likeness (QED) is 0.248. The molecule has 1 aromatic heterocycles. The first-order valence-electron chi connectivity index (χ1n) is 11.7. The number of unbranched alkanes of at least 4 members (excludes halogenated alkanes) is 5. The van der Waals surface area contributed by atoms with E-state index in [1.807, 2.05) is 19.1 Å². The summed E-state index contributed by atoms with van der Waals surface area (Å²) in [5.74, 6) is 0.304. The number of hydrogen-bond donors (Lipinski definition) is 1. The van der Waals surface area contributed by atoms with Crippen LogP contribution < -0.4 is 4.74 Å². The molecule has 0 saturated carbocycles. The molecule has 0 bridgehead atoms. The molecule has 2 rings (SSSR count). The Morgan fingerprint density at radius 3 is 2.19 bits per heavy atom. The number of allylic oxidation sites excluding steroid dienone is 1. The lowest BCUT2D eigenvalue weighted by Gasteiger charge is -2.08. The molecule has 0 radical (unpaired) electrons. The van der Waals surface area contributed by atoms with Gasteiger partial charge in [-0.15, -0.1) is 0 Å². The van der Waals surface area contributed by atoms with Gasteiger partial charge in [0.25, 0.3) is 0 Å². The van der Waals surface area contributed by atoms with Gasteiger partial charge < -0.3 is 14.6 Å². The normalized spacial score (nSPS) is 11.5. The van der Waals surface area contributed by atoms with Crippen LogP contribution in [0.1, 0.15) is 70.8 Å². The topological polar surface area (TPSA) is 81.5 Å². The van der Waals surface area contributed by atoms with Crippen LogP contribution in [0.4, 0.5) is 0 Å². The van der Waals surface area contributed by atoms with Gasteiger partial charge in [0.2, 0.25) is 0 Å². The fourth-order valence-corrected chi connectivity index (χ4v) is 3.19. The van der Waals surface area contributed by atoms with E-state index in [2.05, 4.69) is 16.9 Å². The molecule has 2 aromatic rings. The Labute approximate surface area is 191 Å². The molecular weight excluding hydrogens is 404 g/mol. The Morgan fingerprint density at radius 2 is 1.56 bits per heavy atom. The van der Waals surface area contributed by atoms with Gasteiger partial charge in [-0.2, -0.15) is 0 Å². The van der Waals surface area contributed by atoms with Crippen molar-refractivity contribution in [1.29, 1.82) is 0 Å². The van der Waals surface area contributed by atoms with Crippen LogP contribution >= 0.6 is 0 Å². The smallest absolute Gasteiger partial charge is 0.335 e. The molecule has 1 heterocycles. The zero-order valence-corrected chi connectivity index (χ0v) is 19.4. The summed E-state index contributed by atoms with van der Waals surface area (Å²) in [6.07, 6.45) is 13.6. The third-order valence-corrected chi connectivity index (χ3v) is 5.04. The average molecular weight is 441 g/mol. The molecule has 6 nitrogen and oxygen atoms in total. The zero-order chi connectivity index (χ0) is 23.0. The van der Waals surface area contributed by atoms with Gasteiger partial charge in [-0.3, -0.25) is 0 Å².